The molecule has 172 valence electrons. The van der Waals surface area contributed by atoms with Crippen molar-refractivity contribution in [3.8, 4) is 0 Å². The summed E-state index contributed by atoms with van der Waals surface area (Å²) in [5, 5.41) is 29.4. The van der Waals surface area contributed by atoms with Crippen LogP contribution in [-0.4, -0.2) is 46.3 Å². The molecular formula is C25H35FO5. The second-order valence-corrected chi connectivity index (χ2v) is 8.17. The lowest BCUT2D eigenvalue weighted by Gasteiger charge is -2.19. The molecule has 0 saturated heterocycles. The van der Waals surface area contributed by atoms with E-state index in [0.717, 1.165) is 11.1 Å². The molecule has 0 aromatic heterocycles. The Morgan fingerprint density at radius 2 is 2.10 bits per heavy atom. The number of halogens is 1. The SMILES string of the molecule is CCOCc1cccc(CC(O)C=C[C@@H]2[C@@H](CC=CCCCC(=O)O)[C@H](F)C[C@H]2O)c1. The number of ether oxygens (including phenoxy) is 1. The van der Waals surface area contributed by atoms with Gasteiger partial charge in [0, 0.05) is 37.7 Å². The molecule has 5 atom stereocenters. The van der Waals surface area contributed by atoms with E-state index in [1.54, 1.807) is 12.2 Å². The number of aliphatic carboxylic acids is 1. The van der Waals surface area contributed by atoms with Crippen LogP contribution in [0.3, 0.4) is 0 Å². The molecule has 1 aromatic carbocycles. The van der Waals surface area contributed by atoms with Crippen LogP contribution < -0.4 is 0 Å². The van der Waals surface area contributed by atoms with Gasteiger partial charge in [-0.05, 0) is 37.3 Å². The number of allylic oxidation sites excluding steroid dienone is 2. The number of carbonyl (C=O) groups is 1. The van der Waals surface area contributed by atoms with Crippen LogP contribution in [0.1, 0.15) is 50.2 Å². The minimum Gasteiger partial charge on any atom is -0.481 e. The maximum absolute atomic E-state index is 14.4. The van der Waals surface area contributed by atoms with Crippen molar-refractivity contribution >= 4 is 5.97 Å². The number of carboxylic acid groups (broad SMARTS) is 1. The molecule has 2 rings (SSSR count). The predicted octanol–water partition coefficient (Wildman–Crippen LogP) is 4.22. The molecule has 0 amide bonds. The molecule has 1 fully saturated rings. The lowest BCUT2D eigenvalue weighted by Crippen LogP contribution is -2.19. The lowest BCUT2D eigenvalue weighted by atomic mass is 9.89. The Labute approximate surface area is 184 Å². The summed E-state index contributed by atoms with van der Waals surface area (Å²) in [6, 6.07) is 7.88. The van der Waals surface area contributed by atoms with Gasteiger partial charge in [0.1, 0.15) is 6.17 Å². The first kappa shape index (κ1) is 25.2. The molecule has 0 bridgehead atoms. The van der Waals surface area contributed by atoms with E-state index in [-0.39, 0.29) is 24.7 Å². The number of hydrogen-bond acceptors (Lipinski definition) is 4. The van der Waals surface area contributed by atoms with Gasteiger partial charge in [-0.3, -0.25) is 4.79 Å². The number of carboxylic acids is 1. The standard InChI is InChI=1S/C25H35FO5/c1-2-31-17-19-9-7-8-18(14-19)15-20(27)12-13-22-21(23(26)16-24(22)28)10-5-3-4-6-11-25(29)30/h3,5,7-9,12-14,20-24,27-28H,2,4,6,10-11,15-17H2,1H3,(H,29,30)/t20?,21-,22-,23-,24-/m1/s1. The van der Waals surface area contributed by atoms with Gasteiger partial charge in [-0.25, -0.2) is 4.39 Å². The molecular weight excluding hydrogens is 399 g/mol. The van der Waals surface area contributed by atoms with Crippen LogP contribution in [-0.2, 0) is 22.6 Å². The molecule has 1 unspecified atom stereocenters. The van der Waals surface area contributed by atoms with E-state index in [0.29, 0.717) is 38.9 Å². The molecule has 0 heterocycles. The average molecular weight is 435 g/mol. The number of rotatable bonds is 13. The van der Waals surface area contributed by atoms with E-state index in [2.05, 4.69) is 0 Å². The summed E-state index contributed by atoms with van der Waals surface area (Å²) in [6.07, 6.45) is 6.91. The van der Waals surface area contributed by atoms with Gasteiger partial charge in [-0.15, -0.1) is 0 Å². The third-order valence-electron chi connectivity index (χ3n) is 5.67. The highest BCUT2D eigenvalue weighted by Crippen LogP contribution is 2.38. The van der Waals surface area contributed by atoms with Crippen molar-refractivity contribution in [2.75, 3.05) is 6.61 Å². The fraction of sp³-hybridized carbons (Fsp3) is 0.560. The van der Waals surface area contributed by atoms with Gasteiger partial charge >= 0.3 is 5.97 Å². The summed E-state index contributed by atoms with van der Waals surface area (Å²) in [5.41, 5.74) is 2.04. The van der Waals surface area contributed by atoms with E-state index in [1.165, 1.54) is 0 Å². The number of benzene rings is 1. The Morgan fingerprint density at radius 3 is 2.84 bits per heavy atom. The molecule has 3 N–H and O–H groups in total. The third kappa shape index (κ3) is 8.93. The van der Waals surface area contributed by atoms with Crippen molar-refractivity contribution in [2.45, 2.75) is 70.4 Å². The summed E-state index contributed by atoms with van der Waals surface area (Å²) in [4.78, 5) is 10.5. The van der Waals surface area contributed by atoms with Crippen molar-refractivity contribution in [2.24, 2.45) is 11.8 Å². The number of alkyl halides is 1. The summed E-state index contributed by atoms with van der Waals surface area (Å²) >= 11 is 0. The van der Waals surface area contributed by atoms with Gasteiger partial charge in [0.25, 0.3) is 0 Å². The molecule has 31 heavy (non-hydrogen) atoms. The Bertz CT molecular complexity index is 732. The fourth-order valence-corrected chi connectivity index (χ4v) is 4.04. The van der Waals surface area contributed by atoms with Crippen LogP contribution in [0.15, 0.2) is 48.6 Å². The van der Waals surface area contributed by atoms with Gasteiger partial charge in [0.15, 0.2) is 0 Å². The van der Waals surface area contributed by atoms with E-state index in [4.69, 9.17) is 9.84 Å². The largest absolute Gasteiger partial charge is 0.481 e. The minimum atomic E-state index is -1.10. The molecule has 0 spiro atoms. The molecule has 0 radical (unpaired) electrons. The van der Waals surface area contributed by atoms with Crippen LogP contribution >= 0.6 is 0 Å². The fourth-order valence-electron chi connectivity index (χ4n) is 4.04. The number of aliphatic hydroxyl groups excluding tert-OH is 2. The Kier molecular flexibility index (Phi) is 10.9. The molecule has 1 aliphatic carbocycles. The number of hydrogen-bond donors (Lipinski definition) is 3. The maximum Gasteiger partial charge on any atom is 0.303 e. The minimum absolute atomic E-state index is 0.0993. The third-order valence-corrected chi connectivity index (χ3v) is 5.67. The van der Waals surface area contributed by atoms with Crippen molar-refractivity contribution in [3.05, 3.63) is 59.7 Å². The lowest BCUT2D eigenvalue weighted by molar-refractivity contribution is -0.137. The quantitative estimate of drug-likeness (QED) is 0.320. The summed E-state index contributed by atoms with van der Waals surface area (Å²) in [6.45, 7) is 3.13. The molecule has 1 aliphatic rings. The molecule has 6 heteroatoms. The highest BCUT2D eigenvalue weighted by molar-refractivity contribution is 5.66. The van der Waals surface area contributed by atoms with Crippen LogP contribution in [0.5, 0.6) is 0 Å². The first-order valence-electron chi connectivity index (χ1n) is 11.1. The average Bonchev–Trinajstić information content (AvgIpc) is 2.99. The van der Waals surface area contributed by atoms with Crippen LogP contribution in [0, 0.1) is 11.8 Å². The number of unbranched alkanes of at least 4 members (excludes halogenated alkanes) is 1. The highest BCUT2D eigenvalue weighted by atomic mass is 19.1. The van der Waals surface area contributed by atoms with Gasteiger partial charge < -0.3 is 20.1 Å². The van der Waals surface area contributed by atoms with Crippen molar-refractivity contribution in [1.29, 1.82) is 0 Å². The molecule has 1 saturated carbocycles. The number of aliphatic hydroxyl groups is 2. The van der Waals surface area contributed by atoms with Crippen molar-refractivity contribution in [1.82, 2.24) is 0 Å². The molecule has 5 nitrogen and oxygen atoms in total. The summed E-state index contributed by atoms with van der Waals surface area (Å²) < 4.78 is 19.8. The monoisotopic (exact) mass is 434 g/mol. The van der Waals surface area contributed by atoms with Gasteiger partial charge in [0.05, 0.1) is 18.8 Å². The Hall–Kier alpha value is -2.02. The zero-order valence-corrected chi connectivity index (χ0v) is 18.2. The van der Waals surface area contributed by atoms with E-state index in [1.807, 2.05) is 43.3 Å². The first-order chi connectivity index (χ1) is 14.9. The zero-order valence-electron chi connectivity index (χ0n) is 18.2. The van der Waals surface area contributed by atoms with Crippen LogP contribution in [0.25, 0.3) is 0 Å². The van der Waals surface area contributed by atoms with Crippen molar-refractivity contribution < 1.29 is 29.2 Å². The van der Waals surface area contributed by atoms with Crippen molar-refractivity contribution in [3.63, 3.8) is 0 Å². The smallest absolute Gasteiger partial charge is 0.303 e. The second-order valence-electron chi connectivity index (χ2n) is 8.17. The maximum atomic E-state index is 14.4. The second kappa shape index (κ2) is 13.4. The van der Waals surface area contributed by atoms with Gasteiger partial charge in [0.2, 0.25) is 0 Å². The predicted molar refractivity (Wildman–Crippen MR) is 118 cm³/mol. The van der Waals surface area contributed by atoms with Gasteiger partial charge in [-0.2, -0.15) is 0 Å². The zero-order chi connectivity index (χ0) is 22.6. The van der Waals surface area contributed by atoms with E-state index < -0.39 is 24.3 Å². The van der Waals surface area contributed by atoms with Gasteiger partial charge in [-0.1, -0.05) is 48.6 Å². The van der Waals surface area contributed by atoms with Crippen LogP contribution in [0.4, 0.5) is 4.39 Å². The topological polar surface area (TPSA) is 87.0 Å². The van der Waals surface area contributed by atoms with Crippen LogP contribution in [0.2, 0.25) is 0 Å². The Morgan fingerprint density at radius 1 is 1.32 bits per heavy atom. The molecule has 0 aliphatic heterocycles. The Balaban J connectivity index is 1.89. The normalized spacial score (nSPS) is 24.9. The molecule has 1 aromatic rings. The summed E-state index contributed by atoms with van der Waals surface area (Å²) in [7, 11) is 0. The highest BCUT2D eigenvalue weighted by Gasteiger charge is 2.40. The first-order valence-corrected chi connectivity index (χ1v) is 11.1. The summed E-state index contributed by atoms with van der Waals surface area (Å²) in [5.74, 6) is -1.51. The van der Waals surface area contributed by atoms with E-state index >= 15 is 0 Å². The van der Waals surface area contributed by atoms with E-state index in [9.17, 15) is 19.4 Å².